The van der Waals surface area contributed by atoms with Crippen molar-refractivity contribution in [3.8, 4) is 11.8 Å². The van der Waals surface area contributed by atoms with Crippen LogP contribution in [0.15, 0.2) is 18.2 Å². The second kappa shape index (κ2) is 5.94. The molecule has 0 unspecified atom stereocenters. The van der Waals surface area contributed by atoms with Crippen LogP contribution in [0.2, 0.25) is 0 Å². The number of aliphatic hydroxyl groups excluding tert-OH is 1. The fourth-order valence-corrected chi connectivity index (χ4v) is 1.25. The van der Waals surface area contributed by atoms with E-state index in [-0.39, 0.29) is 12.5 Å². The molecule has 0 atom stereocenters. The molecule has 0 aliphatic heterocycles. The van der Waals surface area contributed by atoms with Gasteiger partial charge in [-0.05, 0) is 24.6 Å². The van der Waals surface area contributed by atoms with E-state index in [9.17, 15) is 4.79 Å². The Labute approximate surface area is 95.5 Å². The van der Waals surface area contributed by atoms with Crippen molar-refractivity contribution in [2.75, 3.05) is 11.9 Å². The maximum atomic E-state index is 10.9. The summed E-state index contributed by atoms with van der Waals surface area (Å²) in [6.45, 7) is 3.49. The van der Waals surface area contributed by atoms with Gasteiger partial charge in [0.05, 0.1) is 6.61 Å². The van der Waals surface area contributed by atoms with Crippen molar-refractivity contribution >= 4 is 11.6 Å². The quantitative estimate of drug-likeness (QED) is 0.740. The molecule has 0 radical (unpaired) electrons. The van der Waals surface area contributed by atoms with E-state index >= 15 is 0 Å². The first-order valence-corrected chi connectivity index (χ1v) is 5.11. The first-order valence-electron chi connectivity index (χ1n) is 5.11. The zero-order valence-corrected chi connectivity index (χ0v) is 9.50. The van der Waals surface area contributed by atoms with Crippen LogP contribution in [0.25, 0.3) is 0 Å². The Bertz CT molecular complexity index is 441. The highest BCUT2D eigenvalue weighted by Gasteiger charge is 1.99. The van der Waals surface area contributed by atoms with Crippen LogP contribution in [0, 0.1) is 18.8 Å². The number of carbonyl (C=O) groups is 1. The molecular weight excluding hydrogens is 202 g/mol. The van der Waals surface area contributed by atoms with E-state index in [4.69, 9.17) is 5.11 Å². The third kappa shape index (κ3) is 3.76. The highest BCUT2D eigenvalue weighted by molar-refractivity contribution is 5.88. The van der Waals surface area contributed by atoms with E-state index in [2.05, 4.69) is 17.2 Å². The molecule has 0 spiro atoms. The van der Waals surface area contributed by atoms with Crippen molar-refractivity contribution in [3.05, 3.63) is 29.3 Å². The molecule has 3 heteroatoms. The van der Waals surface area contributed by atoms with Crippen molar-refractivity contribution in [1.29, 1.82) is 0 Å². The molecule has 3 nitrogen and oxygen atoms in total. The van der Waals surface area contributed by atoms with E-state index < -0.39 is 0 Å². The fraction of sp³-hybridized carbons (Fsp3) is 0.308. The van der Waals surface area contributed by atoms with Gasteiger partial charge in [-0.1, -0.05) is 17.9 Å². The lowest BCUT2D eigenvalue weighted by atomic mass is 10.1. The van der Waals surface area contributed by atoms with E-state index in [0.717, 1.165) is 16.8 Å². The van der Waals surface area contributed by atoms with Crippen LogP contribution >= 0.6 is 0 Å². The van der Waals surface area contributed by atoms with Gasteiger partial charge >= 0.3 is 0 Å². The zero-order chi connectivity index (χ0) is 12.0. The van der Waals surface area contributed by atoms with Crippen LogP contribution in [0.1, 0.15) is 24.5 Å². The Morgan fingerprint density at radius 1 is 1.50 bits per heavy atom. The Morgan fingerprint density at radius 3 is 2.88 bits per heavy atom. The zero-order valence-electron chi connectivity index (χ0n) is 9.50. The molecule has 0 fully saturated rings. The number of hydrogen-bond donors (Lipinski definition) is 2. The van der Waals surface area contributed by atoms with E-state index in [1.165, 1.54) is 6.92 Å². The summed E-state index contributed by atoms with van der Waals surface area (Å²) in [7, 11) is 0. The maximum absolute atomic E-state index is 10.9. The van der Waals surface area contributed by atoms with Crippen molar-refractivity contribution in [2.45, 2.75) is 20.3 Å². The summed E-state index contributed by atoms with van der Waals surface area (Å²) >= 11 is 0. The normalized spacial score (nSPS) is 9.19. The van der Waals surface area contributed by atoms with Gasteiger partial charge in [0, 0.05) is 24.6 Å². The van der Waals surface area contributed by atoms with Crippen LogP contribution in [0.5, 0.6) is 0 Å². The number of aliphatic hydroxyl groups is 1. The van der Waals surface area contributed by atoms with Crippen LogP contribution in [0.3, 0.4) is 0 Å². The number of rotatable bonds is 2. The number of carbonyl (C=O) groups excluding carboxylic acids is 1. The van der Waals surface area contributed by atoms with Crippen LogP contribution in [-0.2, 0) is 4.79 Å². The van der Waals surface area contributed by atoms with Crippen molar-refractivity contribution in [2.24, 2.45) is 0 Å². The van der Waals surface area contributed by atoms with Gasteiger partial charge in [0.1, 0.15) is 0 Å². The van der Waals surface area contributed by atoms with Gasteiger partial charge in [0.15, 0.2) is 0 Å². The largest absolute Gasteiger partial charge is 0.395 e. The lowest BCUT2D eigenvalue weighted by Crippen LogP contribution is -2.05. The van der Waals surface area contributed by atoms with Gasteiger partial charge in [-0.25, -0.2) is 0 Å². The average molecular weight is 217 g/mol. The SMILES string of the molecule is CC(=O)Nc1ccc(C)c(C#CCCO)c1. The number of anilines is 1. The first-order chi connectivity index (χ1) is 7.63. The Balaban J connectivity index is 2.91. The highest BCUT2D eigenvalue weighted by atomic mass is 16.2. The highest BCUT2D eigenvalue weighted by Crippen LogP contribution is 2.14. The minimum absolute atomic E-state index is 0.0669. The minimum Gasteiger partial charge on any atom is -0.395 e. The van der Waals surface area contributed by atoms with Gasteiger partial charge in [0.25, 0.3) is 0 Å². The fourth-order valence-electron chi connectivity index (χ4n) is 1.25. The second-order valence-corrected chi connectivity index (χ2v) is 3.49. The summed E-state index contributed by atoms with van der Waals surface area (Å²) in [5, 5.41) is 11.3. The van der Waals surface area contributed by atoms with E-state index in [1.54, 1.807) is 0 Å². The summed E-state index contributed by atoms with van der Waals surface area (Å²) in [4.78, 5) is 10.9. The molecular formula is C13H15NO2. The topological polar surface area (TPSA) is 49.3 Å². The number of benzene rings is 1. The van der Waals surface area contributed by atoms with Gasteiger partial charge < -0.3 is 10.4 Å². The van der Waals surface area contributed by atoms with Crippen molar-refractivity contribution < 1.29 is 9.90 Å². The van der Waals surface area contributed by atoms with E-state index in [0.29, 0.717) is 6.42 Å². The number of hydrogen-bond acceptors (Lipinski definition) is 2. The first kappa shape index (κ1) is 12.3. The molecule has 0 bridgehead atoms. The lowest BCUT2D eigenvalue weighted by molar-refractivity contribution is -0.114. The van der Waals surface area contributed by atoms with Gasteiger partial charge in [0.2, 0.25) is 5.91 Å². The van der Waals surface area contributed by atoms with E-state index in [1.807, 2.05) is 25.1 Å². The molecule has 84 valence electrons. The maximum Gasteiger partial charge on any atom is 0.221 e. The number of nitrogens with one attached hydrogen (secondary N) is 1. The molecule has 1 aromatic carbocycles. The summed E-state index contributed by atoms with van der Waals surface area (Å²) in [6.07, 6.45) is 0.462. The predicted octanol–water partition coefficient (Wildman–Crippen LogP) is 1.69. The smallest absolute Gasteiger partial charge is 0.221 e. The Kier molecular flexibility index (Phi) is 4.56. The second-order valence-electron chi connectivity index (χ2n) is 3.49. The Hall–Kier alpha value is -1.79. The summed E-state index contributed by atoms with van der Waals surface area (Å²) in [5.74, 6) is 5.73. The molecule has 0 aromatic heterocycles. The molecule has 0 saturated heterocycles. The van der Waals surface area contributed by atoms with Crippen molar-refractivity contribution in [3.63, 3.8) is 0 Å². The molecule has 1 rings (SSSR count). The standard InChI is InChI=1S/C13H15NO2/c1-10-6-7-13(14-11(2)16)9-12(10)5-3-4-8-15/h6-7,9,15H,4,8H2,1-2H3,(H,14,16). The van der Waals surface area contributed by atoms with Gasteiger partial charge in [-0.2, -0.15) is 0 Å². The number of aryl methyl sites for hydroxylation is 1. The molecule has 16 heavy (non-hydrogen) atoms. The molecule has 1 aromatic rings. The number of amides is 1. The molecule has 2 N–H and O–H groups in total. The predicted molar refractivity (Wildman–Crippen MR) is 64.1 cm³/mol. The molecule has 1 amide bonds. The molecule has 0 saturated carbocycles. The third-order valence-electron chi connectivity index (χ3n) is 2.02. The molecule has 0 heterocycles. The lowest BCUT2D eigenvalue weighted by Gasteiger charge is -2.04. The Morgan fingerprint density at radius 2 is 2.25 bits per heavy atom. The summed E-state index contributed by atoms with van der Waals surface area (Å²) in [6, 6.07) is 5.59. The van der Waals surface area contributed by atoms with Gasteiger partial charge in [-0.3, -0.25) is 4.79 Å². The third-order valence-corrected chi connectivity index (χ3v) is 2.02. The average Bonchev–Trinajstić information content (AvgIpc) is 2.22. The molecule has 0 aliphatic carbocycles. The van der Waals surface area contributed by atoms with Crippen LogP contribution in [-0.4, -0.2) is 17.6 Å². The summed E-state index contributed by atoms with van der Waals surface area (Å²) < 4.78 is 0. The van der Waals surface area contributed by atoms with Crippen molar-refractivity contribution in [1.82, 2.24) is 0 Å². The van der Waals surface area contributed by atoms with Crippen LogP contribution in [0.4, 0.5) is 5.69 Å². The summed E-state index contributed by atoms with van der Waals surface area (Å²) in [5.41, 5.74) is 2.67. The minimum atomic E-state index is -0.0990. The van der Waals surface area contributed by atoms with Crippen LogP contribution < -0.4 is 5.32 Å². The van der Waals surface area contributed by atoms with Gasteiger partial charge in [-0.15, -0.1) is 0 Å². The monoisotopic (exact) mass is 217 g/mol. The molecule has 0 aliphatic rings.